The van der Waals surface area contributed by atoms with Crippen molar-refractivity contribution in [2.75, 3.05) is 35.7 Å². The molecule has 0 aromatic carbocycles. The van der Waals surface area contributed by atoms with Crippen LogP contribution in [0, 0.1) is 0 Å². The number of hydrogen-bond acceptors (Lipinski definition) is 8. The Hall–Kier alpha value is -3.82. The highest BCUT2D eigenvalue weighted by atomic mass is 16.6. The first-order chi connectivity index (χ1) is 13.1. The van der Waals surface area contributed by atoms with Crippen molar-refractivity contribution in [2.24, 2.45) is 5.73 Å². The SMILES string of the molecule is C=C(N)c1cnn2c(NC)cc(Nc3cccc(N4CCOC4=O)n3)nc12. The van der Waals surface area contributed by atoms with Crippen LogP contribution >= 0.6 is 0 Å². The van der Waals surface area contributed by atoms with Crippen molar-refractivity contribution in [3.63, 3.8) is 0 Å². The predicted molar refractivity (Wildman–Crippen MR) is 102 cm³/mol. The standard InChI is InChI=1S/C17H18N8O2/c1-10(18)11-9-20-25-15(19-2)8-13(23-16(11)25)21-12-4-3-5-14(22-12)24-6-7-27-17(24)26/h3-5,8-9,19H,1,6-7,18H2,2H3,(H,21,22,23). The average Bonchev–Trinajstić information content (AvgIpc) is 3.27. The number of amides is 1. The number of rotatable bonds is 5. The van der Waals surface area contributed by atoms with E-state index in [1.165, 1.54) is 4.90 Å². The van der Waals surface area contributed by atoms with Gasteiger partial charge in [-0.2, -0.15) is 9.61 Å². The van der Waals surface area contributed by atoms with Gasteiger partial charge in [0.15, 0.2) is 5.65 Å². The van der Waals surface area contributed by atoms with Crippen molar-refractivity contribution in [1.29, 1.82) is 0 Å². The van der Waals surface area contributed by atoms with E-state index in [4.69, 9.17) is 10.5 Å². The van der Waals surface area contributed by atoms with Gasteiger partial charge in [0.05, 0.1) is 18.3 Å². The molecule has 1 aliphatic rings. The van der Waals surface area contributed by atoms with Gasteiger partial charge < -0.3 is 21.1 Å². The fraction of sp³-hybridized carbons (Fsp3) is 0.176. The van der Waals surface area contributed by atoms with Crippen LogP contribution in [0.25, 0.3) is 11.3 Å². The molecule has 0 saturated carbocycles. The zero-order chi connectivity index (χ0) is 19.0. The van der Waals surface area contributed by atoms with Crippen LogP contribution in [0.5, 0.6) is 0 Å². The Labute approximate surface area is 154 Å². The molecule has 3 aromatic heterocycles. The number of carbonyl (C=O) groups is 1. The van der Waals surface area contributed by atoms with Gasteiger partial charge in [0.25, 0.3) is 0 Å². The lowest BCUT2D eigenvalue weighted by Crippen LogP contribution is -2.24. The van der Waals surface area contributed by atoms with Crippen LogP contribution in [-0.4, -0.2) is 45.9 Å². The third kappa shape index (κ3) is 2.97. The molecule has 4 rings (SSSR count). The normalized spacial score (nSPS) is 13.7. The maximum absolute atomic E-state index is 11.7. The smallest absolute Gasteiger partial charge is 0.415 e. The summed E-state index contributed by atoms with van der Waals surface area (Å²) in [7, 11) is 1.79. The molecule has 4 N–H and O–H groups in total. The highest BCUT2D eigenvalue weighted by Crippen LogP contribution is 2.24. The number of hydrogen-bond donors (Lipinski definition) is 3. The van der Waals surface area contributed by atoms with E-state index in [1.54, 1.807) is 42.0 Å². The first-order valence-electron chi connectivity index (χ1n) is 8.26. The first-order valence-corrected chi connectivity index (χ1v) is 8.26. The van der Waals surface area contributed by atoms with Gasteiger partial charge in [-0.25, -0.2) is 14.8 Å². The van der Waals surface area contributed by atoms with Gasteiger partial charge in [0.2, 0.25) is 0 Å². The van der Waals surface area contributed by atoms with Crippen LogP contribution in [0.4, 0.5) is 28.1 Å². The molecule has 1 saturated heterocycles. The van der Waals surface area contributed by atoms with Crippen LogP contribution < -0.4 is 21.3 Å². The van der Waals surface area contributed by atoms with Crippen LogP contribution in [0.1, 0.15) is 5.56 Å². The minimum atomic E-state index is -0.401. The van der Waals surface area contributed by atoms with E-state index in [1.807, 2.05) is 0 Å². The van der Waals surface area contributed by atoms with E-state index in [0.29, 0.717) is 53.3 Å². The summed E-state index contributed by atoms with van der Waals surface area (Å²) in [5.41, 5.74) is 7.43. The van der Waals surface area contributed by atoms with Gasteiger partial charge in [0.1, 0.15) is 29.9 Å². The second-order valence-electron chi connectivity index (χ2n) is 5.87. The molecule has 0 atom stereocenters. The van der Waals surface area contributed by atoms with Crippen molar-refractivity contribution in [3.8, 4) is 0 Å². The molecular formula is C17H18N8O2. The zero-order valence-electron chi connectivity index (χ0n) is 14.6. The van der Waals surface area contributed by atoms with Crippen molar-refractivity contribution in [2.45, 2.75) is 0 Å². The summed E-state index contributed by atoms with van der Waals surface area (Å²) in [5, 5.41) is 10.5. The molecule has 10 nitrogen and oxygen atoms in total. The Balaban J connectivity index is 1.70. The van der Waals surface area contributed by atoms with Gasteiger partial charge in [-0.15, -0.1) is 0 Å². The van der Waals surface area contributed by atoms with Gasteiger partial charge in [-0.3, -0.25) is 4.90 Å². The average molecular weight is 366 g/mol. The lowest BCUT2D eigenvalue weighted by Gasteiger charge is -2.14. The van der Waals surface area contributed by atoms with E-state index in [2.05, 4.69) is 32.3 Å². The number of fused-ring (bicyclic) bond motifs is 1. The first kappa shape index (κ1) is 16.6. The number of anilines is 4. The highest BCUT2D eigenvalue weighted by Gasteiger charge is 2.24. The molecule has 3 aromatic rings. The minimum Gasteiger partial charge on any atom is -0.447 e. The molecule has 0 unspecified atom stereocenters. The summed E-state index contributed by atoms with van der Waals surface area (Å²) >= 11 is 0. The van der Waals surface area contributed by atoms with E-state index in [9.17, 15) is 4.79 Å². The number of nitrogens with one attached hydrogen (secondary N) is 2. The van der Waals surface area contributed by atoms with Crippen molar-refractivity contribution >= 4 is 40.7 Å². The zero-order valence-corrected chi connectivity index (χ0v) is 14.6. The summed E-state index contributed by atoms with van der Waals surface area (Å²) in [4.78, 5) is 22.3. The lowest BCUT2D eigenvalue weighted by molar-refractivity contribution is 0.181. The van der Waals surface area contributed by atoms with Crippen LogP contribution in [0.3, 0.4) is 0 Å². The Morgan fingerprint density at radius 1 is 1.33 bits per heavy atom. The summed E-state index contributed by atoms with van der Waals surface area (Å²) in [6, 6.07) is 7.14. The van der Waals surface area contributed by atoms with Gasteiger partial charge in [-0.1, -0.05) is 12.6 Å². The predicted octanol–water partition coefficient (Wildman–Crippen LogP) is 1.80. The minimum absolute atomic E-state index is 0.356. The van der Waals surface area contributed by atoms with Crippen molar-refractivity contribution < 1.29 is 9.53 Å². The molecule has 0 bridgehead atoms. The molecule has 1 fully saturated rings. The van der Waals surface area contributed by atoms with Crippen LogP contribution in [0.2, 0.25) is 0 Å². The van der Waals surface area contributed by atoms with Gasteiger partial charge in [0, 0.05) is 18.8 Å². The molecule has 0 spiro atoms. The van der Waals surface area contributed by atoms with E-state index < -0.39 is 6.09 Å². The monoisotopic (exact) mass is 366 g/mol. The second kappa shape index (κ2) is 6.48. The Morgan fingerprint density at radius 2 is 2.19 bits per heavy atom. The van der Waals surface area contributed by atoms with Gasteiger partial charge in [-0.05, 0) is 12.1 Å². The van der Waals surface area contributed by atoms with Crippen LogP contribution in [-0.2, 0) is 4.74 Å². The Kier molecular flexibility index (Phi) is 3.99. The summed E-state index contributed by atoms with van der Waals surface area (Å²) in [5.74, 6) is 2.31. The third-order valence-corrected chi connectivity index (χ3v) is 4.10. The lowest BCUT2D eigenvalue weighted by atomic mass is 10.3. The number of cyclic esters (lactones) is 1. The molecule has 10 heteroatoms. The maximum Gasteiger partial charge on any atom is 0.415 e. The molecule has 0 radical (unpaired) electrons. The summed E-state index contributed by atoms with van der Waals surface area (Å²) < 4.78 is 6.60. The molecule has 0 aliphatic carbocycles. The number of pyridine rings is 1. The van der Waals surface area contributed by atoms with Crippen molar-refractivity contribution in [3.05, 3.63) is 42.6 Å². The summed E-state index contributed by atoms with van der Waals surface area (Å²) in [6.07, 6.45) is 1.22. The van der Waals surface area contributed by atoms with Crippen LogP contribution in [0.15, 0.2) is 37.0 Å². The number of ether oxygens (including phenoxy) is 1. The number of aromatic nitrogens is 4. The Morgan fingerprint density at radius 3 is 2.89 bits per heavy atom. The fourth-order valence-corrected chi connectivity index (χ4v) is 2.81. The molecule has 1 aliphatic heterocycles. The van der Waals surface area contributed by atoms with E-state index in [0.717, 1.165) is 0 Å². The maximum atomic E-state index is 11.7. The molecule has 27 heavy (non-hydrogen) atoms. The number of nitrogens with two attached hydrogens (primary N) is 1. The summed E-state index contributed by atoms with van der Waals surface area (Å²) in [6.45, 7) is 4.59. The molecule has 138 valence electrons. The quantitative estimate of drug-likeness (QED) is 0.625. The topological polar surface area (TPSA) is 123 Å². The van der Waals surface area contributed by atoms with Gasteiger partial charge >= 0.3 is 6.09 Å². The molecule has 1 amide bonds. The van der Waals surface area contributed by atoms with E-state index >= 15 is 0 Å². The largest absolute Gasteiger partial charge is 0.447 e. The fourth-order valence-electron chi connectivity index (χ4n) is 2.81. The molecular weight excluding hydrogens is 348 g/mol. The Bertz CT molecular complexity index is 1040. The van der Waals surface area contributed by atoms with E-state index in [-0.39, 0.29) is 0 Å². The highest BCUT2D eigenvalue weighted by molar-refractivity contribution is 5.88. The van der Waals surface area contributed by atoms with Crippen molar-refractivity contribution in [1.82, 2.24) is 19.6 Å². The molecule has 4 heterocycles. The number of nitrogens with zero attached hydrogens (tertiary/aromatic N) is 5. The second-order valence-corrected chi connectivity index (χ2v) is 5.87. The third-order valence-electron chi connectivity index (χ3n) is 4.10. The number of carbonyl (C=O) groups excluding carboxylic acids is 1.